The van der Waals surface area contributed by atoms with E-state index < -0.39 is 0 Å². The fourth-order valence-electron chi connectivity index (χ4n) is 2.08. The van der Waals surface area contributed by atoms with Crippen LogP contribution in [0.1, 0.15) is 16.7 Å². The molecule has 0 fully saturated rings. The van der Waals surface area contributed by atoms with Gasteiger partial charge in [-0.1, -0.05) is 36.0 Å². The molecule has 0 aromatic heterocycles. The Morgan fingerprint density at radius 3 is 2.62 bits per heavy atom. The molecule has 110 valence electrons. The van der Waals surface area contributed by atoms with Gasteiger partial charge >= 0.3 is 0 Å². The normalized spacial score (nSPS) is 10.2. The third-order valence-electron chi connectivity index (χ3n) is 3.12. The highest BCUT2D eigenvalue weighted by Crippen LogP contribution is 2.17. The third kappa shape index (κ3) is 4.46. The fourth-order valence-corrected chi connectivity index (χ4v) is 2.24. The molecule has 0 spiro atoms. The Hall–Kier alpha value is -2.07. The second kappa shape index (κ2) is 7.09. The van der Waals surface area contributed by atoms with Gasteiger partial charge in [-0.3, -0.25) is 0 Å². The quantitative estimate of drug-likeness (QED) is 0.634. The van der Waals surface area contributed by atoms with Crippen LogP contribution in [0.15, 0.2) is 42.5 Å². The Balaban J connectivity index is 1.90. The lowest BCUT2D eigenvalue weighted by Crippen LogP contribution is -2.17. The smallest absolute Gasteiger partial charge is 0.119 e. The van der Waals surface area contributed by atoms with E-state index in [-0.39, 0.29) is 0 Å². The molecule has 0 atom stereocenters. The van der Waals surface area contributed by atoms with Gasteiger partial charge in [-0.2, -0.15) is 0 Å². The van der Waals surface area contributed by atoms with Gasteiger partial charge in [0.2, 0.25) is 0 Å². The van der Waals surface area contributed by atoms with Crippen molar-refractivity contribution in [3.63, 3.8) is 0 Å². The summed E-state index contributed by atoms with van der Waals surface area (Å²) in [5, 5.41) is 3.31. The van der Waals surface area contributed by atoms with Gasteiger partial charge in [-0.15, -0.1) is 0 Å². The molecule has 0 aliphatic heterocycles. The van der Waals surface area contributed by atoms with E-state index in [0.29, 0.717) is 18.1 Å². The first kappa shape index (κ1) is 15.3. The number of hydrogen-bond donors (Lipinski definition) is 2. The number of aryl methyl sites for hydroxylation is 2. The first-order valence-electron chi connectivity index (χ1n) is 6.90. The van der Waals surface area contributed by atoms with Gasteiger partial charge < -0.3 is 15.8 Å². The highest BCUT2D eigenvalue weighted by molar-refractivity contribution is 7.80. The van der Waals surface area contributed by atoms with E-state index in [1.165, 1.54) is 5.56 Å². The molecule has 21 heavy (non-hydrogen) atoms. The van der Waals surface area contributed by atoms with Gasteiger partial charge in [0.15, 0.2) is 0 Å². The zero-order chi connectivity index (χ0) is 15.2. The van der Waals surface area contributed by atoms with Crippen LogP contribution < -0.4 is 15.8 Å². The van der Waals surface area contributed by atoms with Crippen LogP contribution in [-0.4, -0.2) is 18.1 Å². The Kier molecular flexibility index (Phi) is 5.17. The van der Waals surface area contributed by atoms with E-state index in [1.807, 2.05) is 56.3 Å². The van der Waals surface area contributed by atoms with Crippen LogP contribution in [0.4, 0.5) is 5.69 Å². The van der Waals surface area contributed by atoms with E-state index in [1.54, 1.807) is 0 Å². The minimum atomic E-state index is 0.404. The molecule has 0 saturated carbocycles. The molecule has 0 unspecified atom stereocenters. The first-order valence-corrected chi connectivity index (χ1v) is 7.31. The van der Waals surface area contributed by atoms with Gasteiger partial charge in [0, 0.05) is 17.8 Å². The topological polar surface area (TPSA) is 47.3 Å². The van der Waals surface area contributed by atoms with Crippen LogP contribution >= 0.6 is 12.2 Å². The van der Waals surface area contributed by atoms with Crippen molar-refractivity contribution in [2.45, 2.75) is 13.8 Å². The predicted octanol–water partition coefficient (Wildman–Crippen LogP) is 3.43. The van der Waals surface area contributed by atoms with Crippen LogP contribution in [0.25, 0.3) is 0 Å². The minimum absolute atomic E-state index is 0.404. The molecule has 3 N–H and O–H groups in total. The van der Waals surface area contributed by atoms with Gasteiger partial charge in [0.05, 0.1) is 0 Å². The number of thiocarbonyl (C=S) groups is 1. The van der Waals surface area contributed by atoms with E-state index in [0.717, 1.165) is 22.6 Å². The summed E-state index contributed by atoms with van der Waals surface area (Å²) in [4.78, 5) is 0.404. The van der Waals surface area contributed by atoms with E-state index in [2.05, 4.69) is 5.32 Å². The van der Waals surface area contributed by atoms with E-state index in [9.17, 15) is 0 Å². The highest BCUT2D eigenvalue weighted by atomic mass is 32.1. The molecule has 0 aliphatic carbocycles. The molecular weight excluding hydrogens is 280 g/mol. The lowest BCUT2D eigenvalue weighted by Gasteiger charge is -2.13. The second-order valence-corrected chi connectivity index (χ2v) is 5.44. The molecule has 2 aromatic carbocycles. The van der Waals surface area contributed by atoms with Gasteiger partial charge in [-0.25, -0.2) is 0 Å². The summed E-state index contributed by atoms with van der Waals surface area (Å²) in [7, 11) is 0. The summed E-state index contributed by atoms with van der Waals surface area (Å²) in [6.45, 7) is 5.33. The van der Waals surface area contributed by atoms with Crippen LogP contribution in [-0.2, 0) is 0 Å². The van der Waals surface area contributed by atoms with Crippen LogP contribution in [0.5, 0.6) is 5.75 Å². The number of anilines is 1. The zero-order valence-electron chi connectivity index (χ0n) is 12.3. The van der Waals surface area contributed by atoms with Gasteiger partial charge in [0.25, 0.3) is 0 Å². The summed E-state index contributed by atoms with van der Waals surface area (Å²) >= 11 is 5.09. The Morgan fingerprint density at radius 1 is 1.14 bits per heavy atom. The summed E-state index contributed by atoms with van der Waals surface area (Å²) in [6.07, 6.45) is 0. The number of nitrogens with two attached hydrogens (primary N) is 1. The van der Waals surface area contributed by atoms with Crippen LogP contribution in [0, 0.1) is 13.8 Å². The fraction of sp³-hybridized carbons (Fsp3) is 0.235. The molecule has 2 rings (SSSR count). The monoisotopic (exact) mass is 300 g/mol. The molecule has 0 aliphatic rings. The van der Waals surface area contributed by atoms with Crippen molar-refractivity contribution in [1.29, 1.82) is 0 Å². The van der Waals surface area contributed by atoms with E-state index >= 15 is 0 Å². The van der Waals surface area contributed by atoms with Crippen LogP contribution in [0.2, 0.25) is 0 Å². The zero-order valence-corrected chi connectivity index (χ0v) is 13.2. The minimum Gasteiger partial charge on any atom is -0.492 e. The first-order chi connectivity index (χ1) is 10.1. The molecular formula is C17H20N2OS. The Labute approximate surface area is 131 Å². The average Bonchev–Trinajstić information content (AvgIpc) is 2.44. The maximum Gasteiger partial charge on any atom is 0.119 e. The summed E-state index contributed by atoms with van der Waals surface area (Å²) < 4.78 is 5.71. The third-order valence-corrected chi connectivity index (χ3v) is 3.34. The lowest BCUT2D eigenvalue weighted by atomic mass is 10.1. The molecule has 3 nitrogen and oxygen atoms in total. The van der Waals surface area contributed by atoms with Crippen molar-refractivity contribution >= 4 is 22.9 Å². The molecule has 0 saturated heterocycles. The second-order valence-electron chi connectivity index (χ2n) is 5.01. The number of ether oxygens (including phenoxy) is 1. The van der Waals surface area contributed by atoms with Crippen molar-refractivity contribution in [1.82, 2.24) is 0 Å². The predicted molar refractivity (Wildman–Crippen MR) is 92.2 cm³/mol. The molecule has 0 radical (unpaired) electrons. The van der Waals surface area contributed by atoms with Crippen molar-refractivity contribution in [2.75, 3.05) is 18.5 Å². The van der Waals surface area contributed by atoms with Crippen molar-refractivity contribution < 1.29 is 4.74 Å². The Morgan fingerprint density at radius 2 is 1.90 bits per heavy atom. The Bertz CT molecular complexity index is 640. The molecule has 0 heterocycles. The number of benzene rings is 2. The SMILES string of the molecule is Cc1cccc(OCCNc2ccc(C)cc2C(N)=S)c1. The van der Waals surface area contributed by atoms with Gasteiger partial charge in [-0.05, 0) is 43.7 Å². The van der Waals surface area contributed by atoms with Crippen molar-refractivity contribution in [3.8, 4) is 5.75 Å². The molecule has 2 aromatic rings. The van der Waals surface area contributed by atoms with Gasteiger partial charge in [0.1, 0.15) is 17.3 Å². The van der Waals surface area contributed by atoms with Crippen molar-refractivity contribution in [2.24, 2.45) is 5.73 Å². The highest BCUT2D eigenvalue weighted by Gasteiger charge is 2.05. The number of nitrogens with one attached hydrogen (secondary N) is 1. The molecule has 0 bridgehead atoms. The lowest BCUT2D eigenvalue weighted by molar-refractivity contribution is 0.332. The maximum atomic E-state index is 5.76. The van der Waals surface area contributed by atoms with Crippen LogP contribution in [0.3, 0.4) is 0 Å². The largest absolute Gasteiger partial charge is 0.492 e. The van der Waals surface area contributed by atoms with Crippen molar-refractivity contribution in [3.05, 3.63) is 59.2 Å². The number of hydrogen-bond acceptors (Lipinski definition) is 3. The summed E-state index contributed by atoms with van der Waals surface area (Å²) in [5.74, 6) is 0.885. The number of rotatable bonds is 6. The summed E-state index contributed by atoms with van der Waals surface area (Å²) in [5.41, 5.74) is 9.90. The molecule has 0 amide bonds. The maximum absolute atomic E-state index is 5.76. The van der Waals surface area contributed by atoms with E-state index in [4.69, 9.17) is 22.7 Å². The standard InChI is InChI=1S/C17H20N2OS/c1-12-4-3-5-14(10-12)20-9-8-19-16-7-6-13(2)11-15(16)17(18)21/h3-7,10-11,19H,8-9H2,1-2H3,(H2,18,21). The average molecular weight is 300 g/mol. The molecule has 4 heteroatoms. The summed E-state index contributed by atoms with van der Waals surface area (Å²) in [6, 6.07) is 14.0.